The summed E-state index contributed by atoms with van der Waals surface area (Å²) in [6, 6.07) is 21.4. The third-order valence-electron chi connectivity index (χ3n) is 5.71. The smallest absolute Gasteiger partial charge is 0.301 e. The lowest BCUT2D eigenvalue weighted by Gasteiger charge is -2.23. The molecule has 0 bridgehead atoms. The maximum absolute atomic E-state index is 13.3. The molecule has 2 heterocycles. The van der Waals surface area contributed by atoms with Gasteiger partial charge in [-0.2, -0.15) is 0 Å². The van der Waals surface area contributed by atoms with Crippen LogP contribution < -0.4 is 4.90 Å². The Balaban J connectivity index is 1.73. The number of carbonyl (C=O) groups excluding carboxylic acids is 2. The number of hydrogen-bond acceptors (Lipinski definition) is 5. The van der Waals surface area contributed by atoms with Crippen LogP contribution in [0.25, 0.3) is 16.0 Å². The van der Waals surface area contributed by atoms with Gasteiger partial charge in [0.2, 0.25) is 0 Å². The van der Waals surface area contributed by atoms with Crippen molar-refractivity contribution in [2.45, 2.75) is 19.4 Å². The predicted molar refractivity (Wildman–Crippen MR) is 134 cm³/mol. The van der Waals surface area contributed by atoms with Gasteiger partial charge in [-0.3, -0.25) is 14.5 Å². The second-order valence-electron chi connectivity index (χ2n) is 7.74. The van der Waals surface area contributed by atoms with Crippen molar-refractivity contribution < 1.29 is 14.7 Å². The number of aromatic nitrogens is 1. The number of nitrogens with zero attached hydrogens (tertiary/aromatic N) is 2. The predicted octanol–water partition coefficient (Wildman–Crippen LogP) is 6.25. The van der Waals surface area contributed by atoms with Gasteiger partial charge >= 0.3 is 5.91 Å². The highest BCUT2D eigenvalue weighted by atomic mass is 79.9. The summed E-state index contributed by atoms with van der Waals surface area (Å²) in [5, 5.41) is 11.6. The summed E-state index contributed by atoms with van der Waals surface area (Å²) >= 11 is 4.85. The van der Waals surface area contributed by atoms with Crippen molar-refractivity contribution in [1.29, 1.82) is 0 Å². The molecule has 1 atom stereocenters. The van der Waals surface area contributed by atoms with Crippen LogP contribution in [0.3, 0.4) is 0 Å². The first kappa shape index (κ1) is 21.6. The molecule has 5 rings (SSSR count). The van der Waals surface area contributed by atoms with Crippen molar-refractivity contribution in [3.63, 3.8) is 0 Å². The zero-order valence-corrected chi connectivity index (χ0v) is 20.1. The number of hydrogen-bond donors (Lipinski definition) is 1. The van der Waals surface area contributed by atoms with Gasteiger partial charge in [0, 0.05) is 10.0 Å². The first-order valence-electron chi connectivity index (χ1n) is 10.5. The van der Waals surface area contributed by atoms with E-state index in [0.717, 1.165) is 21.1 Å². The number of aliphatic hydroxyl groups excluding tert-OH is 1. The third-order valence-corrected chi connectivity index (χ3v) is 7.22. The molecule has 3 aromatic carbocycles. The van der Waals surface area contributed by atoms with E-state index in [0.29, 0.717) is 16.3 Å². The monoisotopic (exact) mass is 518 g/mol. The number of benzene rings is 3. The van der Waals surface area contributed by atoms with Crippen LogP contribution in [0.2, 0.25) is 0 Å². The minimum Gasteiger partial charge on any atom is -0.507 e. The largest absolute Gasteiger partial charge is 0.507 e. The molecule has 1 saturated heterocycles. The Bertz CT molecular complexity index is 1430. The molecule has 0 spiro atoms. The minimum atomic E-state index is -0.797. The molecule has 1 aromatic heterocycles. The molecule has 0 aliphatic carbocycles. The highest BCUT2D eigenvalue weighted by Crippen LogP contribution is 2.44. The number of aryl methyl sites for hydroxylation is 1. The van der Waals surface area contributed by atoms with Crippen LogP contribution in [-0.2, 0) is 16.0 Å². The Hall–Kier alpha value is -3.29. The summed E-state index contributed by atoms with van der Waals surface area (Å²) in [5.74, 6) is -1.63. The Morgan fingerprint density at radius 2 is 1.85 bits per heavy atom. The van der Waals surface area contributed by atoms with Crippen LogP contribution in [0, 0.1) is 0 Å². The summed E-state index contributed by atoms with van der Waals surface area (Å²) < 4.78 is 1.75. The van der Waals surface area contributed by atoms with Crippen molar-refractivity contribution in [2.75, 3.05) is 4.90 Å². The highest BCUT2D eigenvalue weighted by molar-refractivity contribution is 9.10. The number of halogens is 1. The standard InChI is InChI=1S/C26H19BrN2O3S/c1-2-15-11-12-19-20(13-15)33-26(28-19)29-22(17-9-6-10-18(27)14-17)21(24(31)25(29)32)23(30)16-7-4-3-5-8-16/h3-14,22,30H,2H2,1H3/t22-/m1/s1. The summed E-state index contributed by atoms with van der Waals surface area (Å²) in [6.45, 7) is 2.08. The number of rotatable bonds is 4. The second-order valence-corrected chi connectivity index (χ2v) is 9.67. The number of fused-ring (bicyclic) bond motifs is 1. The molecule has 5 nitrogen and oxygen atoms in total. The molecule has 33 heavy (non-hydrogen) atoms. The van der Waals surface area contributed by atoms with Gasteiger partial charge < -0.3 is 5.11 Å². The van der Waals surface area contributed by atoms with Crippen LogP contribution >= 0.6 is 27.3 Å². The molecule has 7 heteroatoms. The topological polar surface area (TPSA) is 70.5 Å². The lowest BCUT2D eigenvalue weighted by atomic mass is 9.95. The first-order valence-corrected chi connectivity index (χ1v) is 12.1. The van der Waals surface area contributed by atoms with E-state index in [-0.39, 0.29) is 11.3 Å². The quantitative estimate of drug-likeness (QED) is 0.197. The molecular formula is C26H19BrN2O3S. The first-order chi connectivity index (χ1) is 16.0. The summed E-state index contributed by atoms with van der Waals surface area (Å²) in [5.41, 5.74) is 3.18. The van der Waals surface area contributed by atoms with E-state index in [9.17, 15) is 14.7 Å². The third kappa shape index (κ3) is 3.77. The van der Waals surface area contributed by atoms with E-state index in [2.05, 4.69) is 33.9 Å². The fraction of sp³-hybridized carbons (Fsp3) is 0.115. The number of thiazole rings is 1. The Kier molecular flexibility index (Phi) is 5.60. The molecule has 0 saturated carbocycles. The maximum atomic E-state index is 13.3. The molecule has 4 aromatic rings. The van der Waals surface area contributed by atoms with Gasteiger partial charge in [0.05, 0.1) is 21.8 Å². The van der Waals surface area contributed by atoms with Gasteiger partial charge in [-0.25, -0.2) is 4.98 Å². The van der Waals surface area contributed by atoms with Gasteiger partial charge in [-0.05, 0) is 41.8 Å². The van der Waals surface area contributed by atoms with E-state index in [1.165, 1.54) is 21.8 Å². The molecule has 164 valence electrons. The van der Waals surface area contributed by atoms with Crippen LogP contribution in [0.4, 0.5) is 5.13 Å². The molecule has 0 radical (unpaired) electrons. The van der Waals surface area contributed by atoms with Crippen molar-refractivity contribution in [3.05, 3.63) is 99.5 Å². The Morgan fingerprint density at radius 1 is 1.06 bits per heavy atom. The van der Waals surface area contributed by atoms with Crippen molar-refractivity contribution >= 4 is 60.1 Å². The average molecular weight is 519 g/mol. The van der Waals surface area contributed by atoms with Gasteiger partial charge in [-0.1, -0.05) is 82.7 Å². The number of carbonyl (C=O) groups is 2. The number of ketones is 1. The zero-order chi connectivity index (χ0) is 23.1. The number of aliphatic hydroxyl groups is 1. The average Bonchev–Trinajstić information content (AvgIpc) is 3.37. The van der Waals surface area contributed by atoms with Gasteiger partial charge in [-0.15, -0.1) is 0 Å². The van der Waals surface area contributed by atoms with Crippen LogP contribution in [0.1, 0.15) is 29.7 Å². The lowest BCUT2D eigenvalue weighted by Crippen LogP contribution is -2.29. The van der Waals surface area contributed by atoms with E-state index in [1.54, 1.807) is 24.3 Å². The maximum Gasteiger partial charge on any atom is 0.301 e. The van der Waals surface area contributed by atoms with Crippen LogP contribution in [0.5, 0.6) is 0 Å². The number of anilines is 1. The van der Waals surface area contributed by atoms with Crippen molar-refractivity contribution in [1.82, 2.24) is 4.98 Å². The summed E-state index contributed by atoms with van der Waals surface area (Å²) in [4.78, 5) is 32.6. The van der Waals surface area contributed by atoms with E-state index < -0.39 is 17.7 Å². The highest BCUT2D eigenvalue weighted by Gasteiger charge is 2.48. The Morgan fingerprint density at radius 3 is 2.58 bits per heavy atom. The fourth-order valence-corrected chi connectivity index (χ4v) is 5.53. The molecule has 1 amide bonds. The molecule has 0 unspecified atom stereocenters. The summed E-state index contributed by atoms with van der Waals surface area (Å²) in [7, 11) is 0. The van der Waals surface area contributed by atoms with Crippen molar-refractivity contribution in [3.8, 4) is 0 Å². The Labute approximate surface area is 203 Å². The van der Waals surface area contributed by atoms with Gasteiger partial charge in [0.25, 0.3) is 5.78 Å². The molecule has 1 N–H and O–H groups in total. The van der Waals surface area contributed by atoms with Crippen molar-refractivity contribution in [2.24, 2.45) is 0 Å². The van der Waals surface area contributed by atoms with Crippen LogP contribution in [0.15, 0.2) is 82.8 Å². The van der Waals surface area contributed by atoms with Crippen LogP contribution in [-0.4, -0.2) is 21.8 Å². The second kappa shape index (κ2) is 8.57. The molecule has 1 aliphatic heterocycles. The minimum absolute atomic E-state index is 0.0535. The van der Waals surface area contributed by atoms with Gasteiger partial charge in [0.1, 0.15) is 5.76 Å². The SMILES string of the molecule is CCc1ccc2nc(N3C(=O)C(=O)C(=C(O)c4ccccc4)[C@H]3c3cccc(Br)c3)sc2c1. The number of Topliss-reactive ketones (excluding diaryl/α,β-unsaturated/α-hetero) is 1. The van der Waals surface area contributed by atoms with Gasteiger partial charge in [0.15, 0.2) is 5.13 Å². The normalized spacial score (nSPS) is 17.8. The lowest BCUT2D eigenvalue weighted by molar-refractivity contribution is -0.132. The van der Waals surface area contributed by atoms with E-state index in [1.807, 2.05) is 42.5 Å². The molecule has 1 fully saturated rings. The zero-order valence-electron chi connectivity index (χ0n) is 17.7. The number of amides is 1. The van der Waals surface area contributed by atoms with E-state index in [4.69, 9.17) is 0 Å². The molecule has 1 aliphatic rings. The van der Waals surface area contributed by atoms with E-state index >= 15 is 0 Å². The fourth-order valence-electron chi connectivity index (χ4n) is 4.05. The molecular weight excluding hydrogens is 500 g/mol. The summed E-state index contributed by atoms with van der Waals surface area (Å²) in [6.07, 6.45) is 0.892.